The molecule has 0 aliphatic carbocycles. The summed E-state index contributed by atoms with van der Waals surface area (Å²) >= 11 is 0. The van der Waals surface area contributed by atoms with Crippen LogP contribution in [0.5, 0.6) is 0 Å². The average molecular weight is 375 g/mol. The van der Waals surface area contributed by atoms with Gasteiger partial charge < -0.3 is 19.6 Å². The molecule has 2 aliphatic heterocycles. The molecule has 2 saturated heterocycles. The van der Waals surface area contributed by atoms with Crippen molar-refractivity contribution in [3.05, 3.63) is 23.8 Å². The number of β-amino-alcohol motifs (C(OH)–C–C–N with tert-alkyl or cyclic N) is 1. The van der Waals surface area contributed by atoms with E-state index in [0.717, 1.165) is 29.9 Å². The van der Waals surface area contributed by atoms with Crippen molar-refractivity contribution in [3.63, 3.8) is 0 Å². The molecule has 7 nitrogen and oxygen atoms in total. The number of aliphatic hydroxyl groups excluding tert-OH is 1. The third kappa shape index (κ3) is 4.53. The Balaban J connectivity index is 1.69. The summed E-state index contributed by atoms with van der Waals surface area (Å²) in [5.74, 6) is 0.157. The lowest BCUT2D eigenvalue weighted by atomic mass is 10.1. The molecule has 1 aromatic carbocycles. The molecule has 0 aromatic heterocycles. The lowest BCUT2D eigenvalue weighted by molar-refractivity contribution is -0.120. The third-order valence-electron chi connectivity index (χ3n) is 5.03. The van der Waals surface area contributed by atoms with Gasteiger partial charge in [0.1, 0.15) is 6.54 Å². The van der Waals surface area contributed by atoms with Gasteiger partial charge >= 0.3 is 6.09 Å². The minimum atomic E-state index is -0.423. The number of hydrogen-bond acceptors (Lipinski definition) is 5. The highest BCUT2D eigenvalue weighted by molar-refractivity contribution is 5.98. The van der Waals surface area contributed by atoms with Gasteiger partial charge in [-0.05, 0) is 37.0 Å². The Labute approximate surface area is 160 Å². The smallest absolute Gasteiger partial charge is 0.410 e. The summed E-state index contributed by atoms with van der Waals surface area (Å²) in [4.78, 5) is 30.2. The number of carbonyl (C=O) groups excluding carboxylic acids is 2. The second-order valence-corrected chi connectivity index (χ2v) is 7.80. The number of nitrogens with zero attached hydrogens (tertiary/aromatic N) is 3. The van der Waals surface area contributed by atoms with E-state index in [-0.39, 0.29) is 24.5 Å². The third-order valence-corrected chi connectivity index (χ3v) is 5.03. The first-order valence-electron chi connectivity index (χ1n) is 9.61. The van der Waals surface area contributed by atoms with Crippen LogP contribution in [0.15, 0.2) is 18.2 Å². The number of amides is 2. The van der Waals surface area contributed by atoms with Crippen LogP contribution < -0.4 is 9.80 Å². The highest BCUT2D eigenvalue weighted by Crippen LogP contribution is 2.29. The van der Waals surface area contributed by atoms with Crippen LogP contribution >= 0.6 is 0 Å². The zero-order valence-corrected chi connectivity index (χ0v) is 16.4. The second kappa shape index (κ2) is 8.17. The van der Waals surface area contributed by atoms with Crippen LogP contribution in [-0.4, -0.2) is 67.4 Å². The predicted octanol–water partition coefficient (Wildman–Crippen LogP) is 2.01. The van der Waals surface area contributed by atoms with Gasteiger partial charge in [-0.3, -0.25) is 9.69 Å². The van der Waals surface area contributed by atoms with Crippen LogP contribution in [0, 0.1) is 12.8 Å². The fourth-order valence-corrected chi connectivity index (χ4v) is 3.47. The van der Waals surface area contributed by atoms with E-state index in [1.165, 1.54) is 4.90 Å². The van der Waals surface area contributed by atoms with Gasteiger partial charge in [0.25, 0.3) is 0 Å². The van der Waals surface area contributed by atoms with Crippen molar-refractivity contribution in [1.82, 2.24) is 4.90 Å². The number of aliphatic hydroxyl groups is 1. The van der Waals surface area contributed by atoms with Crippen molar-refractivity contribution in [3.8, 4) is 0 Å². The lowest BCUT2D eigenvalue weighted by Crippen LogP contribution is -2.52. The number of anilines is 2. The van der Waals surface area contributed by atoms with Crippen molar-refractivity contribution in [2.24, 2.45) is 5.92 Å². The fourth-order valence-electron chi connectivity index (χ4n) is 3.47. The Morgan fingerprint density at radius 3 is 2.70 bits per heavy atom. The normalized spacial score (nSPS) is 20.6. The quantitative estimate of drug-likeness (QED) is 0.871. The molecule has 7 heteroatoms. The molecular weight excluding hydrogens is 346 g/mol. The summed E-state index contributed by atoms with van der Waals surface area (Å²) in [6, 6.07) is 6.05. The highest BCUT2D eigenvalue weighted by atomic mass is 16.6. The van der Waals surface area contributed by atoms with E-state index >= 15 is 0 Å². The van der Waals surface area contributed by atoms with Crippen molar-refractivity contribution >= 4 is 23.4 Å². The van der Waals surface area contributed by atoms with E-state index in [9.17, 15) is 14.7 Å². The number of benzene rings is 1. The first-order chi connectivity index (χ1) is 12.8. The van der Waals surface area contributed by atoms with Gasteiger partial charge in [0.15, 0.2) is 0 Å². The Morgan fingerprint density at radius 2 is 2.07 bits per heavy atom. The first kappa shape index (κ1) is 19.5. The van der Waals surface area contributed by atoms with Crippen LogP contribution in [-0.2, 0) is 9.53 Å². The van der Waals surface area contributed by atoms with Gasteiger partial charge in [-0.2, -0.15) is 0 Å². The summed E-state index contributed by atoms with van der Waals surface area (Å²) in [5, 5.41) is 9.78. The minimum absolute atomic E-state index is 0.0308. The Morgan fingerprint density at radius 1 is 1.30 bits per heavy atom. The molecule has 1 N–H and O–H groups in total. The zero-order chi connectivity index (χ0) is 19.6. The molecule has 1 unspecified atom stereocenters. The Kier molecular flexibility index (Phi) is 5.89. The summed E-state index contributed by atoms with van der Waals surface area (Å²) in [6.07, 6.45) is 0.0456. The number of aryl methyl sites for hydroxylation is 1. The van der Waals surface area contributed by atoms with Gasteiger partial charge in [-0.1, -0.05) is 19.9 Å². The molecule has 3 rings (SSSR count). The van der Waals surface area contributed by atoms with Crippen molar-refractivity contribution in [2.75, 3.05) is 49.1 Å². The molecule has 27 heavy (non-hydrogen) atoms. The van der Waals surface area contributed by atoms with Gasteiger partial charge in [-0.15, -0.1) is 0 Å². The molecule has 2 aliphatic rings. The monoisotopic (exact) mass is 375 g/mol. The van der Waals surface area contributed by atoms with Crippen LogP contribution in [0.4, 0.5) is 16.2 Å². The zero-order valence-electron chi connectivity index (χ0n) is 16.4. The van der Waals surface area contributed by atoms with Crippen molar-refractivity contribution < 1.29 is 19.4 Å². The Hall–Kier alpha value is -2.28. The molecular formula is C20H29N3O4. The van der Waals surface area contributed by atoms with Crippen LogP contribution in [0.3, 0.4) is 0 Å². The van der Waals surface area contributed by atoms with Crippen LogP contribution in [0.2, 0.25) is 0 Å². The number of carbonyl (C=O) groups is 2. The topological polar surface area (TPSA) is 73.3 Å². The lowest BCUT2D eigenvalue weighted by Gasteiger charge is -2.35. The maximum Gasteiger partial charge on any atom is 0.410 e. The fraction of sp³-hybridized carbons (Fsp3) is 0.600. The van der Waals surface area contributed by atoms with Gasteiger partial charge in [0, 0.05) is 37.6 Å². The van der Waals surface area contributed by atoms with Gasteiger partial charge in [0.2, 0.25) is 5.91 Å². The molecule has 1 atom stereocenters. The Bertz CT molecular complexity index is 706. The molecule has 1 aromatic rings. The molecule has 2 fully saturated rings. The van der Waals surface area contributed by atoms with Crippen LogP contribution in [0.25, 0.3) is 0 Å². The van der Waals surface area contributed by atoms with Crippen molar-refractivity contribution in [2.45, 2.75) is 33.3 Å². The first-order valence-corrected chi connectivity index (χ1v) is 9.61. The molecule has 0 spiro atoms. The molecule has 148 valence electrons. The molecule has 0 saturated carbocycles. The molecule has 2 heterocycles. The standard InChI is InChI=1S/C20H29N3O4/c1-14(2)13-27-20(26)22-8-9-23(19(25)12-22)18-10-16(5-4-15(18)3)21-7-6-17(24)11-21/h4-5,10,14,17,24H,6-9,11-13H2,1-3H3. The highest BCUT2D eigenvalue weighted by Gasteiger charge is 2.30. The molecule has 2 amide bonds. The van der Waals surface area contributed by atoms with Crippen LogP contribution in [0.1, 0.15) is 25.8 Å². The van der Waals surface area contributed by atoms with E-state index in [2.05, 4.69) is 4.90 Å². The molecule has 0 bridgehead atoms. The molecule has 0 radical (unpaired) electrons. The maximum absolute atomic E-state index is 12.7. The second-order valence-electron chi connectivity index (χ2n) is 7.80. The predicted molar refractivity (Wildman–Crippen MR) is 104 cm³/mol. The van der Waals surface area contributed by atoms with Gasteiger partial charge in [-0.25, -0.2) is 4.79 Å². The van der Waals surface area contributed by atoms with E-state index in [4.69, 9.17) is 4.74 Å². The number of hydrogen-bond donors (Lipinski definition) is 1. The number of ether oxygens (including phenoxy) is 1. The minimum Gasteiger partial charge on any atom is -0.449 e. The van der Waals surface area contributed by atoms with E-state index in [1.54, 1.807) is 4.90 Å². The van der Waals surface area contributed by atoms with E-state index in [0.29, 0.717) is 26.2 Å². The van der Waals surface area contributed by atoms with Crippen molar-refractivity contribution in [1.29, 1.82) is 0 Å². The SMILES string of the molecule is Cc1ccc(N2CCC(O)C2)cc1N1CCN(C(=O)OCC(C)C)CC1=O. The summed E-state index contributed by atoms with van der Waals surface area (Å²) in [6.45, 7) is 8.65. The summed E-state index contributed by atoms with van der Waals surface area (Å²) in [5.41, 5.74) is 2.90. The number of rotatable bonds is 4. The van der Waals surface area contributed by atoms with E-state index in [1.807, 2.05) is 39.0 Å². The maximum atomic E-state index is 12.7. The summed E-state index contributed by atoms with van der Waals surface area (Å²) in [7, 11) is 0. The largest absolute Gasteiger partial charge is 0.449 e. The number of piperazine rings is 1. The summed E-state index contributed by atoms with van der Waals surface area (Å²) < 4.78 is 5.24. The average Bonchev–Trinajstić information content (AvgIpc) is 3.06. The van der Waals surface area contributed by atoms with E-state index < -0.39 is 6.09 Å². The van der Waals surface area contributed by atoms with Gasteiger partial charge in [0.05, 0.1) is 12.7 Å².